The molecule has 0 bridgehead atoms. The van der Waals surface area contributed by atoms with E-state index in [0.717, 1.165) is 11.3 Å². The Bertz CT molecular complexity index is 1110. The Kier molecular flexibility index (Phi) is 5.27. The van der Waals surface area contributed by atoms with Gasteiger partial charge in [-0.3, -0.25) is 4.72 Å². The summed E-state index contributed by atoms with van der Waals surface area (Å²) < 4.78 is 54.6. The van der Waals surface area contributed by atoms with Crippen LogP contribution >= 0.6 is 27.3 Å². The summed E-state index contributed by atoms with van der Waals surface area (Å²) in [6, 6.07) is 9.96. The van der Waals surface area contributed by atoms with E-state index in [4.69, 9.17) is 0 Å². The molecule has 12 heteroatoms. The molecular weight excluding hydrogens is 464 g/mol. The fraction of sp³-hybridized carbons (Fsp3) is 0. The lowest BCUT2D eigenvalue weighted by Gasteiger charge is -2.09. The minimum Gasteiger partial charge on any atom is -0.279 e. The number of hydrogen-bond acceptors (Lipinski definition) is 7. The van der Waals surface area contributed by atoms with Crippen molar-refractivity contribution in [3.8, 4) is 0 Å². The molecule has 0 radical (unpaired) electrons. The van der Waals surface area contributed by atoms with E-state index in [1.165, 1.54) is 42.7 Å². The second-order valence-electron chi connectivity index (χ2n) is 4.87. The second-order valence-corrected chi connectivity index (χ2v) is 10.9. The van der Waals surface area contributed by atoms with Gasteiger partial charge < -0.3 is 0 Å². The van der Waals surface area contributed by atoms with E-state index in [1.54, 1.807) is 12.1 Å². The van der Waals surface area contributed by atoms with E-state index < -0.39 is 20.0 Å². The van der Waals surface area contributed by atoms with E-state index in [-0.39, 0.29) is 20.7 Å². The summed E-state index contributed by atoms with van der Waals surface area (Å²) in [7, 11) is -7.61. The predicted molar refractivity (Wildman–Crippen MR) is 102 cm³/mol. The first-order valence-electron chi connectivity index (χ1n) is 6.94. The smallest absolute Gasteiger partial charge is 0.271 e. The number of thiophene rings is 1. The van der Waals surface area contributed by atoms with Crippen LogP contribution in [0.25, 0.3) is 0 Å². The lowest BCUT2D eigenvalue weighted by Crippen LogP contribution is -2.15. The molecule has 2 heterocycles. The van der Waals surface area contributed by atoms with Crippen LogP contribution in [0.3, 0.4) is 0 Å². The zero-order valence-electron chi connectivity index (χ0n) is 12.8. The van der Waals surface area contributed by atoms with Gasteiger partial charge in [-0.25, -0.2) is 31.5 Å². The Morgan fingerprint density at radius 2 is 1.50 bits per heavy atom. The first kappa shape index (κ1) is 18.8. The Morgan fingerprint density at radius 3 is 2.08 bits per heavy atom. The average Bonchev–Trinajstić information content (AvgIpc) is 3.03. The van der Waals surface area contributed by atoms with Gasteiger partial charge in [0.1, 0.15) is 4.21 Å². The largest absolute Gasteiger partial charge is 0.279 e. The van der Waals surface area contributed by atoms with Gasteiger partial charge in [0.15, 0.2) is 0 Å². The topological polar surface area (TPSA) is 118 Å². The number of sulfonamides is 2. The zero-order valence-corrected chi connectivity index (χ0v) is 16.9. The molecule has 0 amide bonds. The second kappa shape index (κ2) is 7.31. The maximum atomic E-state index is 12.3. The first-order chi connectivity index (χ1) is 12.3. The van der Waals surface area contributed by atoms with Crippen LogP contribution in [0.15, 0.2) is 67.7 Å². The molecule has 3 aromatic rings. The van der Waals surface area contributed by atoms with E-state index in [1.807, 2.05) is 0 Å². The van der Waals surface area contributed by atoms with Crippen LogP contribution in [0, 0.1) is 0 Å². The highest BCUT2D eigenvalue weighted by molar-refractivity contribution is 9.11. The fourth-order valence-corrected chi connectivity index (χ4v) is 5.91. The van der Waals surface area contributed by atoms with Crippen LogP contribution in [0.4, 0.5) is 11.6 Å². The van der Waals surface area contributed by atoms with Crippen LogP contribution in [-0.2, 0) is 20.0 Å². The number of aromatic nitrogens is 2. The number of benzene rings is 1. The molecule has 26 heavy (non-hydrogen) atoms. The summed E-state index contributed by atoms with van der Waals surface area (Å²) in [5.41, 5.74) is 0.240. The normalized spacial score (nSPS) is 11.9. The first-order valence-corrected chi connectivity index (χ1v) is 11.5. The van der Waals surface area contributed by atoms with Gasteiger partial charge in [-0.2, -0.15) is 0 Å². The number of nitrogens with one attached hydrogen (secondary N) is 2. The molecule has 0 atom stereocenters. The maximum absolute atomic E-state index is 12.3. The molecule has 0 fully saturated rings. The number of halogens is 1. The van der Waals surface area contributed by atoms with Crippen molar-refractivity contribution in [2.45, 2.75) is 9.10 Å². The van der Waals surface area contributed by atoms with Crippen molar-refractivity contribution >= 4 is 58.9 Å². The van der Waals surface area contributed by atoms with Crippen LogP contribution < -0.4 is 9.44 Å². The Balaban J connectivity index is 1.78. The molecule has 1 aromatic carbocycles. The van der Waals surface area contributed by atoms with E-state index >= 15 is 0 Å². The Hall–Kier alpha value is -2.02. The Morgan fingerprint density at radius 1 is 0.846 bits per heavy atom. The summed E-state index contributed by atoms with van der Waals surface area (Å²) in [5, 5.41) is 0. The highest BCUT2D eigenvalue weighted by Crippen LogP contribution is 2.28. The zero-order chi connectivity index (χ0) is 18.8. The lowest BCUT2D eigenvalue weighted by molar-refractivity contribution is 0.600. The molecular formula is C14H11BrN4O4S3. The molecule has 8 nitrogen and oxygen atoms in total. The van der Waals surface area contributed by atoms with Gasteiger partial charge in [-0.05, 0) is 58.4 Å². The van der Waals surface area contributed by atoms with E-state index in [0.29, 0.717) is 3.79 Å². The van der Waals surface area contributed by atoms with Crippen molar-refractivity contribution in [3.63, 3.8) is 0 Å². The molecule has 0 unspecified atom stereocenters. The standard InChI is InChI=1S/C14H11BrN4O4S3/c15-12-6-7-13(24-12)26(22,23)18-10-2-4-11(5-3-10)25(20,21)19-14-16-8-1-9-17-14/h1-9,18H,(H,16,17,19). The highest BCUT2D eigenvalue weighted by Gasteiger charge is 2.18. The predicted octanol–water partition coefficient (Wildman–Crippen LogP) is 2.90. The monoisotopic (exact) mass is 474 g/mol. The third-order valence-electron chi connectivity index (χ3n) is 3.02. The highest BCUT2D eigenvalue weighted by atomic mass is 79.9. The Labute approximate surface area is 162 Å². The van der Waals surface area contributed by atoms with Crippen molar-refractivity contribution in [3.05, 3.63) is 58.6 Å². The summed E-state index contributed by atoms with van der Waals surface area (Å²) in [5.74, 6) is -0.0550. The molecule has 0 aliphatic heterocycles. The van der Waals surface area contributed by atoms with Crippen LogP contribution in [0.5, 0.6) is 0 Å². The van der Waals surface area contributed by atoms with Crippen molar-refractivity contribution < 1.29 is 16.8 Å². The number of anilines is 2. The molecule has 0 aliphatic rings. The summed E-state index contributed by atoms with van der Waals surface area (Å²) >= 11 is 4.28. The number of rotatable bonds is 6. The van der Waals surface area contributed by atoms with Gasteiger partial charge in [-0.1, -0.05) is 0 Å². The molecule has 136 valence electrons. The van der Waals surface area contributed by atoms with Crippen LogP contribution in [0.2, 0.25) is 0 Å². The molecule has 2 N–H and O–H groups in total. The van der Waals surface area contributed by atoms with Gasteiger partial charge in [-0.15, -0.1) is 11.3 Å². The molecule has 0 saturated heterocycles. The maximum Gasteiger partial charge on any atom is 0.271 e. The summed E-state index contributed by atoms with van der Waals surface area (Å²) in [4.78, 5) is 7.54. The van der Waals surface area contributed by atoms with E-state index in [2.05, 4.69) is 35.3 Å². The minimum atomic E-state index is -3.88. The molecule has 0 spiro atoms. The van der Waals surface area contributed by atoms with Gasteiger partial charge in [0.05, 0.1) is 8.68 Å². The van der Waals surface area contributed by atoms with Gasteiger partial charge >= 0.3 is 0 Å². The third kappa shape index (κ3) is 4.38. The van der Waals surface area contributed by atoms with Crippen molar-refractivity contribution in [2.75, 3.05) is 9.44 Å². The average molecular weight is 475 g/mol. The fourth-order valence-electron chi connectivity index (χ4n) is 1.88. The molecule has 3 rings (SSSR count). The summed E-state index contributed by atoms with van der Waals surface area (Å²) in [6.45, 7) is 0. The minimum absolute atomic E-state index is 0.0493. The SMILES string of the molecule is O=S(=O)(Nc1ncccn1)c1ccc(NS(=O)(=O)c2ccc(Br)s2)cc1. The van der Waals surface area contributed by atoms with Gasteiger partial charge in [0, 0.05) is 18.1 Å². The van der Waals surface area contributed by atoms with Crippen molar-refractivity contribution in [2.24, 2.45) is 0 Å². The molecule has 0 aliphatic carbocycles. The molecule has 2 aromatic heterocycles. The van der Waals surface area contributed by atoms with E-state index in [9.17, 15) is 16.8 Å². The number of hydrogen-bond donors (Lipinski definition) is 2. The van der Waals surface area contributed by atoms with Crippen LogP contribution in [-0.4, -0.2) is 26.8 Å². The van der Waals surface area contributed by atoms with Crippen LogP contribution in [0.1, 0.15) is 0 Å². The summed E-state index contributed by atoms with van der Waals surface area (Å²) in [6.07, 6.45) is 2.82. The van der Waals surface area contributed by atoms with Crippen molar-refractivity contribution in [1.82, 2.24) is 9.97 Å². The van der Waals surface area contributed by atoms with Gasteiger partial charge in [0.25, 0.3) is 20.0 Å². The van der Waals surface area contributed by atoms with Crippen molar-refractivity contribution in [1.29, 1.82) is 0 Å². The number of nitrogens with zero attached hydrogens (tertiary/aromatic N) is 2. The quantitative estimate of drug-likeness (QED) is 0.566. The van der Waals surface area contributed by atoms with Gasteiger partial charge in [0.2, 0.25) is 5.95 Å². The molecule has 0 saturated carbocycles. The third-order valence-corrected chi connectivity index (χ3v) is 7.86. The lowest BCUT2D eigenvalue weighted by atomic mass is 10.3.